The van der Waals surface area contributed by atoms with E-state index in [1.807, 2.05) is 0 Å². The molecule has 0 bridgehead atoms. The Morgan fingerprint density at radius 3 is 2.89 bits per heavy atom. The van der Waals surface area contributed by atoms with Crippen LogP contribution in [0.25, 0.3) is 0 Å². The molecular formula is C25H22N6O5S. The van der Waals surface area contributed by atoms with Gasteiger partial charge in [0.1, 0.15) is 5.75 Å². The van der Waals surface area contributed by atoms with Gasteiger partial charge < -0.3 is 15.2 Å². The molecule has 2 aliphatic heterocycles. The van der Waals surface area contributed by atoms with Crippen molar-refractivity contribution in [2.24, 2.45) is 10.1 Å². The summed E-state index contributed by atoms with van der Waals surface area (Å²) in [6.07, 6.45) is 3.23. The van der Waals surface area contributed by atoms with Crippen LogP contribution in [-0.2, 0) is 10.5 Å². The van der Waals surface area contributed by atoms with E-state index in [1.54, 1.807) is 68.7 Å². The van der Waals surface area contributed by atoms with Gasteiger partial charge in [-0.05, 0) is 38.1 Å². The largest absolute Gasteiger partial charge is 0.482 e. The highest BCUT2D eigenvalue weighted by Crippen LogP contribution is 2.43. The van der Waals surface area contributed by atoms with Crippen molar-refractivity contribution in [2.45, 2.75) is 19.6 Å². The van der Waals surface area contributed by atoms with Gasteiger partial charge in [0.2, 0.25) is 0 Å². The summed E-state index contributed by atoms with van der Waals surface area (Å²) in [5, 5.41) is 32.7. The first kappa shape index (κ1) is 24.4. The minimum Gasteiger partial charge on any atom is -0.482 e. The van der Waals surface area contributed by atoms with Crippen LogP contribution in [-0.4, -0.2) is 49.2 Å². The molecule has 12 heteroatoms. The third-order valence-corrected chi connectivity index (χ3v) is 7.02. The number of nitro benzene ring substituents is 1. The van der Waals surface area contributed by atoms with Crippen molar-refractivity contribution >= 4 is 45.6 Å². The number of amidine groups is 1. The molecule has 1 amide bonds. The number of nitrogens with zero attached hydrogens (tertiary/aromatic N) is 5. The first-order chi connectivity index (χ1) is 17.7. The van der Waals surface area contributed by atoms with E-state index in [0.717, 1.165) is 0 Å². The molecule has 2 N–H and O–H groups in total. The molecule has 2 aromatic carbocycles. The van der Waals surface area contributed by atoms with Crippen molar-refractivity contribution in [2.75, 3.05) is 17.7 Å². The fourth-order valence-corrected chi connectivity index (χ4v) is 5.06. The molecule has 0 radical (unpaired) electrons. The number of amides is 1. The third kappa shape index (κ3) is 4.76. The molecule has 1 saturated heterocycles. The van der Waals surface area contributed by atoms with E-state index in [0.29, 0.717) is 44.7 Å². The second kappa shape index (κ2) is 9.64. The number of thioether (sulfide) groups is 1. The summed E-state index contributed by atoms with van der Waals surface area (Å²) < 4.78 is 5.45. The number of hydrogen-bond donors (Lipinski definition) is 2. The van der Waals surface area contributed by atoms with Gasteiger partial charge in [0.25, 0.3) is 11.6 Å². The summed E-state index contributed by atoms with van der Waals surface area (Å²) in [7, 11) is 0. The maximum absolute atomic E-state index is 12.0. The first-order valence-electron chi connectivity index (χ1n) is 11.3. The number of aliphatic hydroxyl groups is 1. The highest BCUT2D eigenvalue weighted by atomic mass is 32.2. The average Bonchev–Trinajstić information content (AvgIpc) is 3.20. The molecular weight excluding hydrogens is 496 g/mol. The van der Waals surface area contributed by atoms with Crippen molar-refractivity contribution in [3.8, 4) is 5.75 Å². The Morgan fingerprint density at radius 1 is 1.30 bits per heavy atom. The van der Waals surface area contributed by atoms with Crippen LogP contribution in [0.3, 0.4) is 0 Å². The fraction of sp³-hybridized carbons (Fsp3) is 0.200. The topological polar surface area (TPSA) is 143 Å². The van der Waals surface area contributed by atoms with Crippen LogP contribution >= 0.6 is 11.8 Å². The van der Waals surface area contributed by atoms with Crippen LogP contribution < -0.4 is 10.1 Å². The second-order valence-corrected chi connectivity index (χ2v) is 9.46. The van der Waals surface area contributed by atoms with Crippen LogP contribution in [0.2, 0.25) is 0 Å². The highest BCUT2D eigenvalue weighted by molar-refractivity contribution is 8.14. The molecule has 3 aromatic rings. The zero-order chi connectivity index (χ0) is 26.2. The molecule has 11 nitrogen and oxygen atoms in total. The number of carbonyl (C=O) groups is 1. The molecule has 37 heavy (non-hydrogen) atoms. The number of aliphatic imine (C=N–C) groups is 1. The fourth-order valence-electron chi connectivity index (χ4n) is 3.96. The van der Waals surface area contributed by atoms with Gasteiger partial charge >= 0.3 is 0 Å². The average molecular weight is 519 g/mol. The molecule has 0 aliphatic carbocycles. The Balaban J connectivity index is 1.60. The smallest absolute Gasteiger partial charge is 0.272 e. The van der Waals surface area contributed by atoms with Crippen LogP contribution in [0.4, 0.5) is 17.1 Å². The number of ether oxygens (including phenoxy) is 1. The minimum atomic E-state index is -1.64. The Morgan fingerprint density at radius 2 is 2.14 bits per heavy atom. The minimum absolute atomic E-state index is 0.0206. The quantitative estimate of drug-likeness (QED) is 0.294. The van der Waals surface area contributed by atoms with Crippen molar-refractivity contribution in [3.63, 3.8) is 0 Å². The molecule has 0 spiro atoms. The number of hydrazone groups is 1. The molecule has 188 valence electrons. The van der Waals surface area contributed by atoms with Gasteiger partial charge in [0.05, 0.1) is 34.0 Å². The van der Waals surface area contributed by atoms with Crippen LogP contribution in [0.1, 0.15) is 23.6 Å². The van der Waals surface area contributed by atoms with E-state index in [4.69, 9.17) is 9.84 Å². The van der Waals surface area contributed by atoms with Gasteiger partial charge in [-0.2, -0.15) is 5.10 Å². The van der Waals surface area contributed by atoms with Crippen LogP contribution in [0.5, 0.6) is 5.75 Å². The lowest BCUT2D eigenvalue weighted by molar-refractivity contribution is -0.385. The standard InChI is InChI=1S/C25H22N6O5S/c1-15-5-6-17(10-21(15)31(34)35)16(2)29-30-24(27-19-4-3-9-26-12-19)37-14-25(30,33)18-7-8-22-20(11-18)28-23(32)13-36-22/h3-12,33H,13-14H2,1-2H3,(H,28,32)/b27-24?,29-16-/t25-/m0/s1. The summed E-state index contributed by atoms with van der Waals surface area (Å²) in [6, 6.07) is 13.4. The van der Waals surface area contributed by atoms with E-state index in [9.17, 15) is 20.0 Å². The van der Waals surface area contributed by atoms with E-state index in [-0.39, 0.29) is 24.0 Å². The molecule has 0 unspecified atom stereocenters. The lowest BCUT2D eigenvalue weighted by atomic mass is 10.0. The number of aryl methyl sites for hydroxylation is 1. The van der Waals surface area contributed by atoms with Crippen LogP contribution in [0, 0.1) is 17.0 Å². The molecule has 5 rings (SSSR count). The zero-order valence-electron chi connectivity index (χ0n) is 19.9. The Bertz CT molecular complexity index is 1460. The van der Waals surface area contributed by atoms with Crippen molar-refractivity contribution < 1.29 is 19.6 Å². The number of benzene rings is 2. The molecule has 1 fully saturated rings. The monoisotopic (exact) mass is 518 g/mol. The molecule has 1 aromatic heterocycles. The number of rotatable bonds is 5. The third-order valence-electron chi connectivity index (χ3n) is 5.95. The lowest BCUT2D eigenvalue weighted by Gasteiger charge is -2.32. The van der Waals surface area contributed by atoms with Gasteiger partial charge in [-0.3, -0.25) is 19.9 Å². The number of fused-ring (bicyclic) bond motifs is 1. The van der Waals surface area contributed by atoms with E-state index in [2.05, 4.69) is 15.3 Å². The maximum atomic E-state index is 12.0. The first-order valence-corrected chi connectivity index (χ1v) is 12.2. The lowest BCUT2D eigenvalue weighted by Crippen LogP contribution is -2.42. The predicted molar refractivity (Wildman–Crippen MR) is 140 cm³/mol. The van der Waals surface area contributed by atoms with Crippen molar-refractivity contribution in [1.82, 2.24) is 9.99 Å². The van der Waals surface area contributed by atoms with Gasteiger partial charge in [-0.15, -0.1) is 0 Å². The Kier molecular flexibility index (Phi) is 6.36. The number of carbonyl (C=O) groups excluding carboxylic acids is 1. The van der Waals surface area contributed by atoms with Crippen molar-refractivity contribution in [1.29, 1.82) is 0 Å². The summed E-state index contributed by atoms with van der Waals surface area (Å²) in [5.41, 5.74) is 1.33. The number of nitrogens with one attached hydrogen (secondary N) is 1. The van der Waals surface area contributed by atoms with Gasteiger partial charge in [0.15, 0.2) is 17.5 Å². The molecule has 3 heterocycles. The van der Waals surface area contributed by atoms with Gasteiger partial charge in [-0.25, -0.2) is 10.0 Å². The SMILES string of the molecule is C/C(=N/N1C(=Nc2cccnc2)SC[C@]1(O)c1ccc2c(c1)NC(=O)CO2)c1ccc(C)c([N+](=O)[O-])c1. The van der Waals surface area contributed by atoms with Gasteiger partial charge in [0, 0.05) is 29.0 Å². The van der Waals surface area contributed by atoms with E-state index >= 15 is 0 Å². The number of anilines is 1. The predicted octanol–water partition coefficient (Wildman–Crippen LogP) is 3.93. The summed E-state index contributed by atoms with van der Waals surface area (Å²) in [6.45, 7) is 3.30. The Hall–Kier alpha value is -4.29. The van der Waals surface area contributed by atoms with Crippen LogP contribution in [0.15, 0.2) is 71.0 Å². The number of nitro groups is 1. The summed E-state index contributed by atoms with van der Waals surface area (Å²) in [4.78, 5) is 31.6. The number of aromatic nitrogens is 1. The van der Waals surface area contributed by atoms with E-state index < -0.39 is 10.6 Å². The zero-order valence-corrected chi connectivity index (χ0v) is 20.7. The molecule has 0 saturated carbocycles. The van der Waals surface area contributed by atoms with Gasteiger partial charge in [-0.1, -0.05) is 30.0 Å². The second-order valence-electron chi connectivity index (χ2n) is 8.51. The number of hydrogen-bond acceptors (Lipinski definition) is 9. The van der Waals surface area contributed by atoms with Crippen molar-refractivity contribution in [3.05, 3.63) is 87.7 Å². The number of pyridine rings is 1. The maximum Gasteiger partial charge on any atom is 0.272 e. The normalized spacial score (nSPS) is 20.4. The summed E-state index contributed by atoms with van der Waals surface area (Å²) >= 11 is 1.30. The van der Waals surface area contributed by atoms with E-state index in [1.165, 1.54) is 22.8 Å². The molecule has 1 atom stereocenters. The highest BCUT2D eigenvalue weighted by Gasteiger charge is 2.46. The molecule has 2 aliphatic rings. The Labute approximate surface area is 216 Å². The summed E-state index contributed by atoms with van der Waals surface area (Å²) in [5.74, 6) is 0.396.